The molecule has 1 heterocycles. The molecule has 1 N–H and O–H groups in total. The highest BCUT2D eigenvalue weighted by molar-refractivity contribution is 5.25. The number of hydrogen-bond donors (Lipinski definition) is 1. The van der Waals surface area contributed by atoms with Gasteiger partial charge in [-0.05, 0) is 49.7 Å². The second-order valence-electron chi connectivity index (χ2n) is 5.86. The summed E-state index contributed by atoms with van der Waals surface area (Å²) >= 11 is 0. The molecule has 2 nitrogen and oxygen atoms in total. The van der Waals surface area contributed by atoms with E-state index >= 15 is 0 Å². The first kappa shape index (κ1) is 13.5. The number of rotatable bonds is 3. The monoisotopic (exact) mass is 247 g/mol. The molecule has 1 aromatic rings. The Balaban J connectivity index is 2.12. The van der Waals surface area contributed by atoms with Gasteiger partial charge in [0.15, 0.2) is 0 Å². The molecule has 1 saturated carbocycles. The summed E-state index contributed by atoms with van der Waals surface area (Å²) in [5, 5.41) is 10.6. The predicted molar refractivity (Wildman–Crippen MR) is 74.4 cm³/mol. The Bertz CT molecular complexity index is 402. The largest absolute Gasteiger partial charge is 0.387 e. The van der Waals surface area contributed by atoms with Crippen LogP contribution in [-0.2, 0) is 0 Å². The van der Waals surface area contributed by atoms with E-state index in [-0.39, 0.29) is 6.10 Å². The molecule has 3 unspecified atom stereocenters. The third-order valence-corrected chi connectivity index (χ3v) is 4.38. The molecule has 100 valence electrons. The van der Waals surface area contributed by atoms with Crippen LogP contribution in [0.1, 0.15) is 62.0 Å². The summed E-state index contributed by atoms with van der Waals surface area (Å²) in [7, 11) is 0. The Labute approximate surface area is 110 Å². The summed E-state index contributed by atoms with van der Waals surface area (Å²) in [6, 6.07) is 2.12. The maximum Gasteiger partial charge on any atom is 0.0990 e. The summed E-state index contributed by atoms with van der Waals surface area (Å²) in [4.78, 5) is 4.45. The minimum atomic E-state index is -0.375. The van der Waals surface area contributed by atoms with Crippen molar-refractivity contribution in [2.75, 3.05) is 0 Å². The molecule has 18 heavy (non-hydrogen) atoms. The first-order chi connectivity index (χ1) is 8.61. The second-order valence-corrected chi connectivity index (χ2v) is 5.86. The fourth-order valence-corrected chi connectivity index (χ4v) is 3.25. The molecule has 0 spiro atoms. The van der Waals surface area contributed by atoms with Crippen LogP contribution in [0.15, 0.2) is 12.3 Å². The maximum absolute atomic E-state index is 10.6. The summed E-state index contributed by atoms with van der Waals surface area (Å²) in [5.74, 6) is 1.20. The minimum Gasteiger partial charge on any atom is -0.387 e. The van der Waals surface area contributed by atoms with Gasteiger partial charge in [0, 0.05) is 6.20 Å². The average molecular weight is 247 g/mol. The zero-order chi connectivity index (χ0) is 13.1. The highest BCUT2D eigenvalue weighted by Crippen LogP contribution is 2.38. The Morgan fingerprint density at radius 2 is 2.17 bits per heavy atom. The molecule has 1 aliphatic carbocycles. The molecule has 3 atom stereocenters. The lowest BCUT2D eigenvalue weighted by molar-refractivity contribution is 0.0640. The van der Waals surface area contributed by atoms with Crippen LogP contribution in [0.2, 0.25) is 0 Å². The third kappa shape index (κ3) is 2.92. The van der Waals surface area contributed by atoms with E-state index in [0.717, 1.165) is 30.0 Å². The fourth-order valence-electron chi connectivity index (χ4n) is 3.25. The van der Waals surface area contributed by atoms with Crippen LogP contribution in [-0.4, -0.2) is 10.1 Å². The zero-order valence-corrected chi connectivity index (χ0v) is 11.8. The summed E-state index contributed by atoms with van der Waals surface area (Å²) in [6.45, 7) is 6.36. The van der Waals surface area contributed by atoms with Crippen molar-refractivity contribution in [1.82, 2.24) is 4.98 Å². The molecular weight excluding hydrogens is 222 g/mol. The molecule has 0 radical (unpaired) electrons. The van der Waals surface area contributed by atoms with Gasteiger partial charge in [-0.2, -0.15) is 0 Å². The smallest absolute Gasteiger partial charge is 0.0990 e. The van der Waals surface area contributed by atoms with Gasteiger partial charge in [-0.1, -0.05) is 32.3 Å². The molecule has 1 fully saturated rings. The molecule has 0 bridgehead atoms. The SMILES string of the molecule is CCC1CCCC(C(O)c2ncc(C)cc2C)C1. The summed E-state index contributed by atoms with van der Waals surface area (Å²) in [5.41, 5.74) is 3.18. The topological polar surface area (TPSA) is 33.1 Å². The van der Waals surface area contributed by atoms with Crippen LogP contribution >= 0.6 is 0 Å². The Morgan fingerprint density at radius 3 is 2.83 bits per heavy atom. The lowest BCUT2D eigenvalue weighted by Gasteiger charge is -2.32. The van der Waals surface area contributed by atoms with Gasteiger partial charge in [0.25, 0.3) is 0 Å². The van der Waals surface area contributed by atoms with Gasteiger partial charge in [0.1, 0.15) is 0 Å². The van der Waals surface area contributed by atoms with Crippen LogP contribution in [0.25, 0.3) is 0 Å². The van der Waals surface area contributed by atoms with Crippen molar-refractivity contribution in [3.8, 4) is 0 Å². The molecular formula is C16H25NO. The Kier molecular flexibility index (Phi) is 4.39. The van der Waals surface area contributed by atoms with E-state index in [4.69, 9.17) is 0 Å². The van der Waals surface area contributed by atoms with E-state index in [1.165, 1.54) is 24.8 Å². The van der Waals surface area contributed by atoms with Crippen LogP contribution in [0.4, 0.5) is 0 Å². The number of aliphatic hydroxyl groups is 1. The molecule has 2 heteroatoms. The van der Waals surface area contributed by atoms with Gasteiger partial charge in [-0.3, -0.25) is 4.98 Å². The summed E-state index contributed by atoms with van der Waals surface area (Å²) in [6.07, 6.45) is 7.62. The van der Waals surface area contributed by atoms with E-state index in [2.05, 4.69) is 24.9 Å². The quantitative estimate of drug-likeness (QED) is 0.877. The highest BCUT2D eigenvalue weighted by Gasteiger charge is 2.28. The lowest BCUT2D eigenvalue weighted by atomic mass is 9.76. The van der Waals surface area contributed by atoms with Crippen molar-refractivity contribution >= 4 is 0 Å². The summed E-state index contributed by atoms with van der Waals surface area (Å²) < 4.78 is 0. The van der Waals surface area contributed by atoms with Crippen LogP contribution < -0.4 is 0 Å². The number of pyridine rings is 1. The molecule has 2 rings (SSSR count). The molecule has 0 saturated heterocycles. The molecule has 1 aliphatic rings. The van der Waals surface area contributed by atoms with E-state index in [0.29, 0.717) is 5.92 Å². The van der Waals surface area contributed by atoms with Crippen molar-refractivity contribution in [3.05, 3.63) is 29.1 Å². The molecule has 0 aromatic carbocycles. The van der Waals surface area contributed by atoms with Crippen molar-refractivity contribution in [2.45, 2.75) is 59.0 Å². The molecule has 0 amide bonds. The standard InChI is InChI=1S/C16H25NO/c1-4-13-6-5-7-14(9-13)16(18)15-12(3)8-11(2)10-17-15/h8,10,13-14,16,18H,4-7,9H2,1-3H3. The van der Waals surface area contributed by atoms with Gasteiger partial charge in [-0.25, -0.2) is 0 Å². The Morgan fingerprint density at radius 1 is 1.39 bits per heavy atom. The van der Waals surface area contributed by atoms with Crippen LogP contribution in [0.5, 0.6) is 0 Å². The second kappa shape index (κ2) is 5.83. The van der Waals surface area contributed by atoms with Crippen molar-refractivity contribution in [3.63, 3.8) is 0 Å². The number of hydrogen-bond acceptors (Lipinski definition) is 2. The average Bonchev–Trinajstić information content (AvgIpc) is 2.38. The minimum absolute atomic E-state index is 0.375. The number of nitrogens with zero attached hydrogens (tertiary/aromatic N) is 1. The first-order valence-corrected chi connectivity index (χ1v) is 7.23. The van der Waals surface area contributed by atoms with Gasteiger partial charge in [0.2, 0.25) is 0 Å². The van der Waals surface area contributed by atoms with Crippen molar-refractivity contribution < 1.29 is 5.11 Å². The number of aromatic nitrogens is 1. The third-order valence-electron chi connectivity index (χ3n) is 4.38. The number of aliphatic hydroxyl groups excluding tert-OH is 1. The van der Waals surface area contributed by atoms with Crippen molar-refractivity contribution in [1.29, 1.82) is 0 Å². The van der Waals surface area contributed by atoms with Crippen LogP contribution in [0, 0.1) is 25.7 Å². The van der Waals surface area contributed by atoms with Gasteiger partial charge in [0.05, 0.1) is 11.8 Å². The molecule has 1 aromatic heterocycles. The predicted octanol–water partition coefficient (Wildman–Crippen LogP) is 3.95. The van der Waals surface area contributed by atoms with Gasteiger partial charge in [-0.15, -0.1) is 0 Å². The van der Waals surface area contributed by atoms with E-state index in [1.807, 2.05) is 13.1 Å². The van der Waals surface area contributed by atoms with Gasteiger partial charge < -0.3 is 5.11 Å². The van der Waals surface area contributed by atoms with Gasteiger partial charge >= 0.3 is 0 Å². The lowest BCUT2D eigenvalue weighted by Crippen LogP contribution is -2.22. The fraction of sp³-hybridized carbons (Fsp3) is 0.688. The number of aryl methyl sites for hydroxylation is 2. The maximum atomic E-state index is 10.6. The first-order valence-electron chi connectivity index (χ1n) is 7.23. The van der Waals surface area contributed by atoms with Crippen LogP contribution in [0.3, 0.4) is 0 Å². The Hall–Kier alpha value is -0.890. The molecule has 0 aliphatic heterocycles. The van der Waals surface area contributed by atoms with E-state index in [1.54, 1.807) is 0 Å². The van der Waals surface area contributed by atoms with E-state index in [9.17, 15) is 5.11 Å². The van der Waals surface area contributed by atoms with Crippen molar-refractivity contribution in [2.24, 2.45) is 11.8 Å². The zero-order valence-electron chi connectivity index (χ0n) is 11.8. The highest BCUT2D eigenvalue weighted by atomic mass is 16.3. The van der Waals surface area contributed by atoms with E-state index < -0.39 is 0 Å². The normalized spacial score (nSPS) is 26.0.